The van der Waals surface area contributed by atoms with Crippen LogP contribution in [0.15, 0.2) is 41.3 Å². The maximum Gasteiger partial charge on any atom is 0.337 e. The van der Waals surface area contributed by atoms with E-state index in [2.05, 4.69) is 9.46 Å². The molecule has 2 N–H and O–H groups in total. The molecule has 0 fully saturated rings. The predicted octanol–water partition coefficient (Wildman–Crippen LogP) is 2.00. The third-order valence-electron chi connectivity index (χ3n) is 3.33. The van der Waals surface area contributed by atoms with Crippen molar-refractivity contribution in [2.24, 2.45) is 0 Å². The Morgan fingerprint density at radius 1 is 1.00 bits per heavy atom. The summed E-state index contributed by atoms with van der Waals surface area (Å²) in [5.74, 6) is -0.432. The molecule has 0 bridgehead atoms. The lowest BCUT2D eigenvalue weighted by Gasteiger charge is -2.13. The topological polar surface area (TPSA) is 111 Å². The molecule has 0 aliphatic carbocycles. The third-order valence-corrected chi connectivity index (χ3v) is 4.69. The van der Waals surface area contributed by atoms with E-state index in [1.54, 1.807) is 0 Å². The van der Waals surface area contributed by atoms with E-state index in [-0.39, 0.29) is 21.9 Å². The Hall–Kier alpha value is -2.94. The fourth-order valence-corrected chi connectivity index (χ4v) is 3.14. The first-order valence-electron chi connectivity index (χ1n) is 6.98. The number of hydrogen-bond donors (Lipinski definition) is 2. The highest BCUT2D eigenvalue weighted by atomic mass is 32.2. The molecule has 2 rings (SSSR count). The largest absolute Gasteiger partial charge is 0.506 e. The summed E-state index contributed by atoms with van der Waals surface area (Å²) in [6.45, 7) is 0. The Balaban J connectivity index is 2.34. The van der Waals surface area contributed by atoms with Gasteiger partial charge in [-0.25, -0.2) is 13.2 Å². The van der Waals surface area contributed by atoms with Crippen molar-refractivity contribution in [3.05, 3.63) is 42.0 Å². The summed E-state index contributed by atoms with van der Waals surface area (Å²) in [6, 6.07) is 7.79. The van der Waals surface area contributed by atoms with Crippen LogP contribution in [-0.2, 0) is 14.8 Å². The summed E-state index contributed by atoms with van der Waals surface area (Å²) in [6.07, 6.45) is 0. The van der Waals surface area contributed by atoms with Gasteiger partial charge in [0.1, 0.15) is 5.75 Å². The van der Waals surface area contributed by atoms with E-state index in [0.717, 1.165) is 6.07 Å². The zero-order chi connectivity index (χ0) is 18.6. The van der Waals surface area contributed by atoms with Gasteiger partial charge in [-0.15, -0.1) is 0 Å². The number of methoxy groups -OCH3 is 3. The number of ether oxygens (including phenoxy) is 3. The first-order chi connectivity index (χ1) is 11.8. The average molecular weight is 367 g/mol. The quantitative estimate of drug-likeness (QED) is 0.593. The van der Waals surface area contributed by atoms with Crippen molar-refractivity contribution in [2.45, 2.75) is 4.90 Å². The van der Waals surface area contributed by atoms with Gasteiger partial charge in [0.15, 0.2) is 11.5 Å². The minimum Gasteiger partial charge on any atom is -0.506 e. The number of esters is 1. The molecule has 134 valence electrons. The number of nitrogens with one attached hydrogen (secondary N) is 1. The number of carbonyl (C=O) groups excluding carboxylic acids is 1. The molecule has 0 atom stereocenters. The van der Waals surface area contributed by atoms with Gasteiger partial charge in [-0.2, -0.15) is 0 Å². The summed E-state index contributed by atoms with van der Waals surface area (Å²) >= 11 is 0. The first kappa shape index (κ1) is 18.4. The summed E-state index contributed by atoms with van der Waals surface area (Å²) < 4.78 is 41.9. The second-order valence-electron chi connectivity index (χ2n) is 4.85. The summed E-state index contributed by atoms with van der Waals surface area (Å²) in [5, 5.41) is 9.95. The molecule has 2 aromatic rings. The molecule has 8 nitrogen and oxygen atoms in total. The molecule has 0 saturated carbocycles. The maximum atomic E-state index is 12.5. The standard InChI is InChI=1S/C16H17NO7S/c1-22-14-7-5-11(9-15(14)23-2)25(20,21)17-12-6-4-10(8-13(12)18)16(19)24-3/h4-9,17-18H,1-3H3. The van der Waals surface area contributed by atoms with Gasteiger partial charge in [-0.3, -0.25) is 4.72 Å². The van der Waals surface area contributed by atoms with Gasteiger partial charge < -0.3 is 19.3 Å². The van der Waals surface area contributed by atoms with Crippen LogP contribution in [0.3, 0.4) is 0 Å². The van der Waals surface area contributed by atoms with Crippen molar-refractivity contribution in [2.75, 3.05) is 26.1 Å². The number of carbonyl (C=O) groups is 1. The van der Waals surface area contributed by atoms with Crippen LogP contribution in [0.5, 0.6) is 17.2 Å². The number of anilines is 1. The van der Waals surface area contributed by atoms with Gasteiger partial charge in [0.05, 0.1) is 37.5 Å². The fourth-order valence-electron chi connectivity index (χ4n) is 2.05. The van der Waals surface area contributed by atoms with Crippen molar-refractivity contribution >= 4 is 21.7 Å². The molecule has 0 spiro atoms. The molecule has 0 radical (unpaired) electrons. The van der Waals surface area contributed by atoms with Crippen molar-refractivity contribution in [1.82, 2.24) is 0 Å². The smallest absolute Gasteiger partial charge is 0.337 e. The number of benzene rings is 2. The Labute approximate surface area is 145 Å². The molecule has 2 aromatic carbocycles. The van der Waals surface area contributed by atoms with E-state index < -0.39 is 21.7 Å². The van der Waals surface area contributed by atoms with Crippen molar-refractivity contribution in [3.8, 4) is 17.2 Å². The van der Waals surface area contributed by atoms with E-state index in [1.807, 2.05) is 0 Å². The predicted molar refractivity (Wildman–Crippen MR) is 89.8 cm³/mol. The SMILES string of the molecule is COC(=O)c1ccc(NS(=O)(=O)c2ccc(OC)c(OC)c2)c(O)c1. The second kappa shape index (κ2) is 7.31. The normalized spacial score (nSPS) is 10.8. The zero-order valence-corrected chi connectivity index (χ0v) is 14.6. The Morgan fingerprint density at radius 3 is 2.24 bits per heavy atom. The molecule has 0 aliphatic heterocycles. The fraction of sp³-hybridized carbons (Fsp3) is 0.188. The molecule has 0 aromatic heterocycles. The number of rotatable bonds is 6. The van der Waals surface area contributed by atoms with Crippen LogP contribution < -0.4 is 14.2 Å². The molecule has 0 saturated heterocycles. The molecule has 25 heavy (non-hydrogen) atoms. The van der Waals surface area contributed by atoms with Crippen LogP contribution in [0.1, 0.15) is 10.4 Å². The highest BCUT2D eigenvalue weighted by Gasteiger charge is 2.19. The Morgan fingerprint density at radius 2 is 1.68 bits per heavy atom. The van der Waals surface area contributed by atoms with Gasteiger partial charge in [0, 0.05) is 6.07 Å². The van der Waals surface area contributed by atoms with Gasteiger partial charge in [0.2, 0.25) is 0 Å². The minimum absolute atomic E-state index is 0.0811. The lowest BCUT2D eigenvalue weighted by atomic mass is 10.2. The minimum atomic E-state index is -3.99. The zero-order valence-electron chi connectivity index (χ0n) is 13.8. The summed E-state index contributed by atoms with van der Waals surface area (Å²) in [4.78, 5) is 11.3. The van der Waals surface area contributed by atoms with Crippen molar-refractivity contribution in [1.29, 1.82) is 0 Å². The van der Waals surface area contributed by atoms with Crippen LogP contribution in [-0.4, -0.2) is 40.8 Å². The Kier molecular flexibility index (Phi) is 5.38. The van der Waals surface area contributed by atoms with E-state index in [9.17, 15) is 18.3 Å². The molecular weight excluding hydrogens is 350 g/mol. The van der Waals surface area contributed by atoms with Gasteiger partial charge in [0.25, 0.3) is 10.0 Å². The second-order valence-corrected chi connectivity index (χ2v) is 6.53. The third kappa shape index (κ3) is 3.94. The molecule has 0 aliphatic rings. The van der Waals surface area contributed by atoms with Crippen LogP contribution in [0, 0.1) is 0 Å². The Bertz CT molecular complexity index is 893. The summed E-state index contributed by atoms with van der Waals surface area (Å²) in [7, 11) is 0.0313. The van der Waals surface area contributed by atoms with Crippen molar-refractivity contribution in [3.63, 3.8) is 0 Å². The monoisotopic (exact) mass is 367 g/mol. The van der Waals surface area contributed by atoms with Crippen LogP contribution in [0.4, 0.5) is 5.69 Å². The molecule has 9 heteroatoms. The summed E-state index contributed by atoms with van der Waals surface area (Å²) in [5.41, 5.74) is 0.0107. The van der Waals surface area contributed by atoms with Crippen molar-refractivity contribution < 1.29 is 32.5 Å². The van der Waals surface area contributed by atoms with Gasteiger partial charge >= 0.3 is 5.97 Å². The van der Waals surface area contributed by atoms with Crippen LogP contribution in [0.2, 0.25) is 0 Å². The number of aromatic hydroxyl groups is 1. The highest BCUT2D eigenvalue weighted by molar-refractivity contribution is 7.92. The molecule has 0 amide bonds. The van der Waals surface area contributed by atoms with Crippen LogP contribution in [0.25, 0.3) is 0 Å². The lowest BCUT2D eigenvalue weighted by molar-refractivity contribution is 0.0600. The molecule has 0 heterocycles. The number of sulfonamides is 1. The molecular formula is C16H17NO7S. The number of phenols is 1. The van der Waals surface area contributed by atoms with Crippen LogP contribution >= 0.6 is 0 Å². The van der Waals surface area contributed by atoms with E-state index in [1.165, 1.54) is 51.7 Å². The van der Waals surface area contributed by atoms with E-state index in [4.69, 9.17) is 9.47 Å². The maximum absolute atomic E-state index is 12.5. The first-order valence-corrected chi connectivity index (χ1v) is 8.47. The lowest BCUT2D eigenvalue weighted by Crippen LogP contribution is -2.13. The average Bonchev–Trinajstić information content (AvgIpc) is 2.61. The van der Waals surface area contributed by atoms with E-state index >= 15 is 0 Å². The number of phenolic OH excluding ortho intramolecular Hbond substituents is 1. The van der Waals surface area contributed by atoms with Gasteiger partial charge in [-0.1, -0.05) is 0 Å². The number of hydrogen-bond acceptors (Lipinski definition) is 7. The highest BCUT2D eigenvalue weighted by Crippen LogP contribution is 2.32. The van der Waals surface area contributed by atoms with Gasteiger partial charge in [-0.05, 0) is 30.3 Å². The van der Waals surface area contributed by atoms with E-state index in [0.29, 0.717) is 5.75 Å². The molecule has 0 unspecified atom stereocenters.